The summed E-state index contributed by atoms with van der Waals surface area (Å²) in [7, 11) is 0. The second kappa shape index (κ2) is 8.22. The molecule has 0 aliphatic rings. The summed E-state index contributed by atoms with van der Waals surface area (Å²) in [5.74, 6) is -4.35. The molecule has 3 N–H and O–H groups in total. The average Bonchev–Trinajstić information content (AvgIpc) is 2.27. The van der Waals surface area contributed by atoms with Crippen molar-refractivity contribution in [2.75, 3.05) is 19.8 Å². The summed E-state index contributed by atoms with van der Waals surface area (Å²) in [6, 6.07) is 0. The molecule has 0 bridgehead atoms. The van der Waals surface area contributed by atoms with Gasteiger partial charge in [0.05, 0.1) is 26.1 Å². The fourth-order valence-corrected chi connectivity index (χ4v) is 1.13. The summed E-state index contributed by atoms with van der Waals surface area (Å²) in [6.07, 6.45) is -0.543. The Labute approximate surface area is 109 Å². The molecule has 19 heavy (non-hydrogen) atoms. The van der Waals surface area contributed by atoms with Crippen LogP contribution in [0, 0.1) is 0 Å². The third-order valence-corrected chi connectivity index (χ3v) is 2.00. The Hall–Kier alpha value is -1.93. The predicted molar refractivity (Wildman–Crippen MR) is 61.4 cm³/mol. The minimum Gasteiger partial charge on any atom is -0.481 e. The molecule has 1 unspecified atom stereocenters. The molecule has 0 aromatic heterocycles. The summed E-state index contributed by atoms with van der Waals surface area (Å²) >= 11 is 0. The molecule has 0 aromatic carbocycles. The van der Waals surface area contributed by atoms with Gasteiger partial charge < -0.3 is 24.8 Å². The van der Waals surface area contributed by atoms with E-state index in [2.05, 4.69) is 11.3 Å². The Balaban J connectivity index is 4.21. The summed E-state index contributed by atoms with van der Waals surface area (Å²) in [5.41, 5.74) is -2.68. The van der Waals surface area contributed by atoms with E-state index in [1.807, 2.05) is 0 Å². The molecule has 1 atom stereocenters. The van der Waals surface area contributed by atoms with E-state index in [0.29, 0.717) is 0 Å². The number of aliphatic hydroxyl groups is 1. The van der Waals surface area contributed by atoms with Gasteiger partial charge in [-0.25, -0.2) is 4.79 Å². The molecule has 0 amide bonds. The van der Waals surface area contributed by atoms with Crippen LogP contribution in [0.2, 0.25) is 0 Å². The molecular weight excluding hydrogens is 260 g/mol. The quantitative estimate of drug-likeness (QED) is 0.274. The second-order valence-corrected chi connectivity index (χ2v) is 3.67. The van der Waals surface area contributed by atoms with Gasteiger partial charge in [-0.05, 0) is 0 Å². The Bertz CT molecular complexity index is 351. The highest BCUT2D eigenvalue weighted by molar-refractivity contribution is 5.88. The average molecular weight is 276 g/mol. The third-order valence-electron chi connectivity index (χ3n) is 2.00. The zero-order valence-electron chi connectivity index (χ0n) is 10.2. The van der Waals surface area contributed by atoms with E-state index in [-0.39, 0.29) is 19.8 Å². The van der Waals surface area contributed by atoms with Crippen LogP contribution in [0.1, 0.15) is 12.8 Å². The lowest BCUT2D eigenvalue weighted by molar-refractivity contribution is -0.172. The number of esters is 1. The van der Waals surface area contributed by atoms with Gasteiger partial charge in [-0.1, -0.05) is 6.08 Å². The van der Waals surface area contributed by atoms with Crippen LogP contribution in [0.4, 0.5) is 0 Å². The van der Waals surface area contributed by atoms with Gasteiger partial charge in [0.15, 0.2) is 5.60 Å². The Morgan fingerprint density at radius 2 is 1.79 bits per heavy atom. The first kappa shape index (κ1) is 17.1. The first-order valence-corrected chi connectivity index (χ1v) is 5.33. The van der Waals surface area contributed by atoms with Gasteiger partial charge in [0.2, 0.25) is 0 Å². The Kier molecular flexibility index (Phi) is 7.39. The van der Waals surface area contributed by atoms with Crippen molar-refractivity contribution in [2.45, 2.75) is 18.4 Å². The molecule has 108 valence electrons. The number of aliphatic carboxylic acids is 2. The number of ether oxygens (including phenoxy) is 2. The zero-order chi connectivity index (χ0) is 14.9. The molecule has 0 aliphatic heterocycles. The molecular formula is C11H16O8. The lowest BCUT2D eigenvalue weighted by Gasteiger charge is -2.20. The number of carbonyl (C=O) groups is 3. The molecule has 8 heteroatoms. The first-order chi connectivity index (χ1) is 8.81. The second-order valence-electron chi connectivity index (χ2n) is 3.67. The molecule has 0 spiro atoms. The van der Waals surface area contributed by atoms with Crippen LogP contribution < -0.4 is 0 Å². The van der Waals surface area contributed by atoms with Crippen molar-refractivity contribution in [1.82, 2.24) is 0 Å². The molecule has 0 saturated heterocycles. The molecule has 0 heterocycles. The molecule has 0 rings (SSSR count). The maximum atomic E-state index is 11.3. The van der Waals surface area contributed by atoms with Crippen LogP contribution >= 0.6 is 0 Å². The summed E-state index contributed by atoms with van der Waals surface area (Å²) in [4.78, 5) is 32.4. The minimum atomic E-state index is -2.68. The normalized spacial score (nSPS) is 13.3. The van der Waals surface area contributed by atoms with Crippen molar-refractivity contribution >= 4 is 17.9 Å². The highest BCUT2D eigenvalue weighted by Gasteiger charge is 2.41. The highest BCUT2D eigenvalue weighted by atomic mass is 16.6. The van der Waals surface area contributed by atoms with E-state index in [0.717, 1.165) is 0 Å². The van der Waals surface area contributed by atoms with Gasteiger partial charge in [-0.3, -0.25) is 9.59 Å². The number of carboxylic acids is 2. The van der Waals surface area contributed by atoms with E-state index in [1.54, 1.807) is 0 Å². The monoisotopic (exact) mass is 276 g/mol. The fraction of sp³-hybridized carbons (Fsp3) is 0.545. The van der Waals surface area contributed by atoms with Gasteiger partial charge in [-0.2, -0.15) is 0 Å². The number of carboxylic acid groups (broad SMARTS) is 2. The lowest BCUT2D eigenvalue weighted by atomic mass is 9.96. The topological polar surface area (TPSA) is 130 Å². The standard InChI is InChI=1S/C11H16O8/c1-2-3-18-4-5-19-9(14)7-11(17,10(15)16)6-8(12)13/h2,17H,1,3-7H2,(H,12,13)(H,15,16). The first-order valence-electron chi connectivity index (χ1n) is 5.33. The number of rotatable bonds is 10. The number of hydrogen-bond donors (Lipinski definition) is 3. The van der Waals surface area contributed by atoms with Crippen LogP contribution in [0.15, 0.2) is 12.7 Å². The smallest absolute Gasteiger partial charge is 0.336 e. The van der Waals surface area contributed by atoms with Gasteiger partial charge in [0, 0.05) is 0 Å². The fourth-order valence-electron chi connectivity index (χ4n) is 1.13. The molecule has 8 nitrogen and oxygen atoms in total. The van der Waals surface area contributed by atoms with Gasteiger partial charge >= 0.3 is 17.9 Å². The van der Waals surface area contributed by atoms with Crippen LogP contribution in [-0.4, -0.2) is 58.6 Å². The molecule has 0 aromatic rings. The predicted octanol–water partition coefficient (Wildman–Crippen LogP) is -0.587. The highest BCUT2D eigenvalue weighted by Crippen LogP contribution is 2.16. The van der Waals surface area contributed by atoms with Crippen LogP contribution in [0.3, 0.4) is 0 Å². The maximum Gasteiger partial charge on any atom is 0.336 e. The van der Waals surface area contributed by atoms with Crippen molar-refractivity contribution in [3.8, 4) is 0 Å². The van der Waals surface area contributed by atoms with E-state index >= 15 is 0 Å². The lowest BCUT2D eigenvalue weighted by Crippen LogP contribution is -2.43. The van der Waals surface area contributed by atoms with E-state index in [9.17, 15) is 19.5 Å². The molecule has 0 saturated carbocycles. The SMILES string of the molecule is C=CCOCCOC(=O)CC(O)(CC(=O)O)C(=O)O. The number of hydrogen-bond acceptors (Lipinski definition) is 6. The maximum absolute atomic E-state index is 11.3. The third kappa shape index (κ3) is 7.17. The zero-order valence-corrected chi connectivity index (χ0v) is 10.2. The van der Waals surface area contributed by atoms with Crippen molar-refractivity contribution in [3.63, 3.8) is 0 Å². The van der Waals surface area contributed by atoms with Gasteiger partial charge in [0.25, 0.3) is 0 Å². The summed E-state index contributed by atoms with van der Waals surface area (Å²) in [6.45, 7) is 3.63. The van der Waals surface area contributed by atoms with Gasteiger partial charge in [-0.15, -0.1) is 6.58 Å². The van der Waals surface area contributed by atoms with Crippen molar-refractivity contribution in [2.24, 2.45) is 0 Å². The van der Waals surface area contributed by atoms with E-state index in [1.165, 1.54) is 6.08 Å². The van der Waals surface area contributed by atoms with Crippen molar-refractivity contribution < 1.29 is 39.2 Å². The van der Waals surface area contributed by atoms with Crippen LogP contribution in [-0.2, 0) is 23.9 Å². The van der Waals surface area contributed by atoms with Crippen LogP contribution in [0.25, 0.3) is 0 Å². The van der Waals surface area contributed by atoms with Gasteiger partial charge in [0.1, 0.15) is 6.61 Å². The van der Waals surface area contributed by atoms with Crippen molar-refractivity contribution in [1.29, 1.82) is 0 Å². The van der Waals surface area contributed by atoms with E-state index in [4.69, 9.17) is 14.9 Å². The Morgan fingerprint density at radius 3 is 2.26 bits per heavy atom. The molecule has 0 fully saturated rings. The summed E-state index contributed by atoms with van der Waals surface area (Å²) in [5, 5.41) is 26.7. The number of carbonyl (C=O) groups excluding carboxylic acids is 1. The van der Waals surface area contributed by atoms with E-state index < -0.39 is 36.4 Å². The minimum absolute atomic E-state index is 0.0855. The molecule has 0 radical (unpaired) electrons. The summed E-state index contributed by atoms with van der Waals surface area (Å²) < 4.78 is 9.51. The Morgan fingerprint density at radius 1 is 1.16 bits per heavy atom. The van der Waals surface area contributed by atoms with Crippen molar-refractivity contribution in [3.05, 3.63) is 12.7 Å². The molecule has 0 aliphatic carbocycles. The largest absolute Gasteiger partial charge is 0.481 e. The van der Waals surface area contributed by atoms with Crippen LogP contribution in [0.5, 0.6) is 0 Å².